The van der Waals surface area contributed by atoms with Crippen molar-refractivity contribution in [2.24, 2.45) is 5.73 Å². The predicted octanol–water partition coefficient (Wildman–Crippen LogP) is 2.42. The zero-order valence-corrected chi connectivity index (χ0v) is 9.41. The summed E-state index contributed by atoms with van der Waals surface area (Å²) in [6, 6.07) is 5.66. The highest BCUT2D eigenvalue weighted by Gasteiger charge is 2.16. The van der Waals surface area contributed by atoms with Crippen molar-refractivity contribution in [3.63, 3.8) is 0 Å². The third kappa shape index (κ3) is 2.18. The summed E-state index contributed by atoms with van der Waals surface area (Å²) < 4.78 is 0. The van der Waals surface area contributed by atoms with Crippen LogP contribution in [0.2, 0.25) is 0 Å². The standard InChI is InChI=1S/C13H18N2O/c14-12-8-10(6-7-11(12)13(15)16)9-4-2-1-3-5-9/h6-9H,1-5,14H2,(H2,15,16). The molecular weight excluding hydrogens is 200 g/mol. The first-order chi connectivity index (χ1) is 7.68. The Hall–Kier alpha value is -1.51. The SMILES string of the molecule is NC(=O)c1ccc(C2CCCCC2)cc1N. The Kier molecular flexibility index (Phi) is 3.13. The van der Waals surface area contributed by atoms with E-state index in [4.69, 9.17) is 11.5 Å². The molecule has 0 atom stereocenters. The largest absolute Gasteiger partial charge is 0.398 e. The minimum absolute atomic E-state index is 0.430. The van der Waals surface area contributed by atoms with E-state index in [1.54, 1.807) is 6.07 Å². The molecule has 1 aliphatic rings. The van der Waals surface area contributed by atoms with Gasteiger partial charge in [0.05, 0.1) is 5.56 Å². The number of hydrogen-bond acceptors (Lipinski definition) is 2. The number of rotatable bonds is 2. The van der Waals surface area contributed by atoms with Crippen molar-refractivity contribution in [2.75, 3.05) is 5.73 Å². The fourth-order valence-corrected chi connectivity index (χ4v) is 2.50. The molecule has 0 spiro atoms. The van der Waals surface area contributed by atoms with E-state index in [1.165, 1.54) is 37.7 Å². The van der Waals surface area contributed by atoms with Crippen LogP contribution in [0.5, 0.6) is 0 Å². The minimum Gasteiger partial charge on any atom is -0.398 e. The first-order valence-corrected chi connectivity index (χ1v) is 5.87. The normalized spacial score (nSPS) is 17.2. The predicted molar refractivity (Wildman–Crippen MR) is 65.2 cm³/mol. The van der Waals surface area contributed by atoms with Crippen molar-refractivity contribution in [3.05, 3.63) is 29.3 Å². The van der Waals surface area contributed by atoms with Gasteiger partial charge in [-0.05, 0) is 36.5 Å². The second-order valence-corrected chi connectivity index (χ2v) is 4.55. The summed E-state index contributed by atoms with van der Waals surface area (Å²) in [4.78, 5) is 11.1. The van der Waals surface area contributed by atoms with E-state index < -0.39 is 5.91 Å². The number of carbonyl (C=O) groups is 1. The first kappa shape index (κ1) is 11.0. The van der Waals surface area contributed by atoms with Gasteiger partial charge in [-0.2, -0.15) is 0 Å². The number of hydrogen-bond donors (Lipinski definition) is 2. The van der Waals surface area contributed by atoms with Crippen LogP contribution in [0.4, 0.5) is 5.69 Å². The highest BCUT2D eigenvalue weighted by molar-refractivity contribution is 5.98. The molecule has 3 nitrogen and oxygen atoms in total. The molecule has 86 valence electrons. The maximum atomic E-state index is 11.1. The van der Waals surface area contributed by atoms with Crippen LogP contribution in [0, 0.1) is 0 Å². The van der Waals surface area contributed by atoms with Gasteiger partial charge in [-0.1, -0.05) is 25.3 Å². The van der Waals surface area contributed by atoms with E-state index in [0.29, 0.717) is 17.2 Å². The summed E-state index contributed by atoms with van der Waals surface area (Å²) in [6.45, 7) is 0. The van der Waals surface area contributed by atoms with E-state index in [-0.39, 0.29) is 0 Å². The van der Waals surface area contributed by atoms with Gasteiger partial charge in [0, 0.05) is 5.69 Å². The average Bonchev–Trinajstić information content (AvgIpc) is 2.29. The van der Waals surface area contributed by atoms with Crippen molar-refractivity contribution in [3.8, 4) is 0 Å². The molecule has 1 saturated carbocycles. The van der Waals surface area contributed by atoms with Gasteiger partial charge in [0.15, 0.2) is 0 Å². The molecular formula is C13H18N2O. The Morgan fingerprint density at radius 3 is 2.44 bits per heavy atom. The summed E-state index contributed by atoms with van der Waals surface area (Å²) in [5.74, 6) is 0.158. The smallest absolute Gasteiger partial charge is 0.250 e. The van der Waals surface area contributed by atoms with Crippen LogP contribution >= 0.6 is 0 Å². The van der Waals surface area contributed by atoms with E-state index in [9.17, 15) is 4.79 Å². The van der Waals surface area contributed by atoms with Crippen molar-refractivity contribution in [2.45, 2.75) is 38.0 Å². The Morgan fingerprint density at radius 2 is 1.88 bits per heavy atom. The molecule has 1 fully saturated rings. The number of primary amides is 1. The Morgan fingerprint density at radius 1 is 1.19 bits per heavy atom. The van der Waals surface area contributed by atoms with Crippen LogP contribution in [0.3, 0.4) is 0 Å². The van der Waals surface area contributed by atoms with E-state index >= 15 is 0 Å². The zero-order valence-electron chi connectivity index (χ0n) is 9.41. The molecule has 1 aromatic carbocycles. The summed E-state index contributed by atoms with van der Waals surface area (Å²) in [5.41, 5.74) is 13.2. The maximum absolute atomic E-state index is 11.1. The third-order valence-corrected chi connectivity index (χ3v) is 3.42. The molecule has 1 amide bonds. The van der Waals surface area contributed by atoms with Crippen LogP contribution < -0.4 is 11.5 Å². The summed E-state index contributed by atoms with van der Waals surface area (Å²) >= 11 is 0. The molecule has 0 saturated heterocycles. The second-order valence-electron chi connectivity index (χ2n) is 4.55. The van der Waals surface area contributed by atoms with Crippen LogP contribution in [0.15, 0.2) is 18.2 Å². The Bertz CT molecular complexity index is 395. The van der Waals surface area contributed by atoms with Crippen molar-refractivity contribution in [1.82, 2.24) is 0 Å². The summed E-state index contributed by atoms with van der Waals surface area (Å²) in [7, 11) is 0. The number of anilines is 1. The van der Waals surface area contributed by atoms with Crippen molar-refractivity contribution < 1.29 is 4.79 Å². The van der Waals surface area contributed by atoms with Crippen molar-refractivity contribution >= 4 is 11.6 Å². The lowest BCUT2D eigenvalue weighted by molar-refractivity contribution is 0.100. The number of nitrogens with two attached hydrogens (primary N) is 2. The van der Waals surface area contributed by atoms with Crippen LogP contribution in [0.25, 0.3) is 0 Å². The fourth-order valence-electron chi connectivity index (χ4n) is 2.50. The van der Waals surface area contributed by atoms with E-state index in [2.05, 4.69) is 0 Å². The lowest BCUT2D eigenvalue weighted by atomic mass is 9.83. The number of carbonyl (C=O) groups excluding carboxylic acids is 1. The Balaban J connectivity index is 2.23. The van der Waals surface area contributed by atoms with E-state index in [0.717, 1.165) is 0 Å². The fraction of sp³-hybridized carbons (Fsp3) is 0.462. The van der Waals surface area contributed by atoms with Gasteiger partial charge < -0.3 is 11.5 Å². The van der Waals surface area contributed by atoms with Gasteiger partial charge in [-0.25, -0.2) is 0 Å². The van der Waals surface area contributed by atoms with Crippen LogP contribution in [-0.4, -0.2) is 5.91 Å². The molecule has 3 heteroatoms. The maximum Gasteiger partial charge on any atom is 0.250 e. The molecule has 0 heterocycles. The monoisotopic (exact) mass is 218 g/mol. The zero-order chi connectivity index (χ0) is 11.5. The molecule has 1 aromatic rings. The lowest BCUT2D eigenvalue weighted by Gasteiger charge is -2.22. The molecule has 0 aromatic heterocycles. The Labute approximate surface area is 95.8 Å². The lowest BCUT2D eigenvalue weighted by Crippen LogP contribution is -2.14. The molecule has 2 rings (SSSR count). The molecule has 0 aliphatic heterocycles. The van der Waals surface area contributed by atoms with Gasteiger partial charge in [0.1, 0.15) is 0 Å². The number of benzene rings is 1. The average molecular weight is 218 g/mol. The topological polar surface area (TPSA) is 69.1 Å². The van der Waals surface area contributed by atoms with Crippen LogP contribution in [-0.2, 0) is 0 Å². The molecule has 0 radical (unpaired) electrons. The quantitative estimate of drug-likeness (QED) is 0.748. The van der Waals surface area contributed by atoms with E-state index in [1.807, 2.05) is 12.1 Å². The summed E-state index contributed by atoms with van der Waals surface area (Å²) in [6.07, 6.45) is 6.39. The third-order valence-electron chi connectivity index (χ3n) is 3.42. The molecule has 4 N–H and O–H groups in total. The highest BCUT2D eigenvalue weighted by Crippen LogP contribution is 2.33. The van der Waals surface area contributed by atoms with Gasteiger partial charge in [-0.3, -0.25) is 4.79 Å². The van der Waals surface area contributed by atoms with Gasteiger partial charge >= 0.3 is 0 Å². The molecule has 16 heavy (non-hydrogen) atoms. The second kappa shape index (κ2) is 4.56. The molecule has 1 aliphatic carbocycles. The summed E-state index contributed by atoms with van der Waals surface area (Å²) in [5, 5.41) is 0. The number of amides is 1. The first-order valence-electron chi connectivity index (χ1n) is 5.87. The van der Waals surface area contributed by atoms with Gasteiger partial charge in [0.25, 0.3) is 5.91 Å². The molecule has 0 bridgehead atoms. The number of nitrogen functional groups attached to an aromatic ring is 1. The molecule has 0 unspecified atom stereocenters. The van der Waals surface area contributed by atoms with Crippen molar-refractivity contribution in [1.29, 1.82) is 0 Å². The van der Waals surface area contributed by atoms with Gasteiger partial charge in [0.2, 0.25) is 0 Å². The van der Waals surface area contributed by atoms with Crippen LogP contribution in [0.1, 0.15) is 53.9 Å². The van der Waals surface area contributed by atoms with Gasteiger partial charge in [-0.15, -0.1) is 0 Å². The minimum atomic E-state index is -0.451. The highest BCUT2D eigenvalue weighted by atomic mass is 16.1.